The first kappa shape index (κ1) is 13.4. The number of ether oxygens (including phenoxy) is 1. The van der Waals surface area contributed by atoms with E-state index in [-0.39, 0.29) is 5.56 Å². The molecule has 0 fully saturated rings. The largest absolute Gasteiger partial charge is 0.383 e. The summed E-state index contributed by atoms with van der Waals surface area (Å²) in [6.07, 6.45) is 3.47. The van der Waals surface area contributed by atoms with Crippen molar-refractivity contribution < 1.29 is 4.74 Å². The van der Waals surface area contributed by atoms with E-state index in [1.54, 1.807) is 24.2 Å². The van der Waals surface area contributed by atoms with Gasteiger partial charge in [-0.25, -0.2) is 4.98 Å². The summed E-state index contributed by atoms with van der Waals surface area (Å²) in [5.41, 5.74) is 1.31. The summed E-state index contributed by atoms with van der Waals surface area (Å²) < 4.78 is 6.60. The number of rotatable bonds is 6. The molecule has 102 valence electrons. The second-order valence-corrected chi connectivity index (χ2v) is 4.16. The molecule has 2 N–H and O–H groups in total. The third-order valence-electron chi connectivity index (χ3n) is 2.56. The molecule has 0 aromatic carbocycles. The van der Waals surface area contributed by atoms with Crippen molar-refractivity contribution in [3.63, 3.8) is 0 Å². The maximum atomic E-state index is 11.6. The van der Waals surface area contributed by atoms with E-state index in [2.05, 4.69) is 20.4 Å². The Kier molecular flexibility index (Phi) is 4.43. The zero-order chi connectivity index (χ0) is 13.7. The minimum Gasteiger partial charge on any atom is -0.383 e. The van der Waals surface area contributed by atoms with Crippen molar-refractivity contribution in [3.05, 3.63) is 34.5 Å². The molecule has 0 saturated heterocycles. The first-order chi connectivity index (χ1) is 9.19. The van der Waals surface area contributed by atoms with Crippen LogP contribution in [0.5, 0.6) is 0 Å². The van der Waals surface area contributed by atoms with Crippen LogP contribution in [0.3, 0.4) is 0 Å². The van der Waals surface area contributed by atoms with Crippen molar-refractivity contribution in [1.82, 2.24) is 25.1 Å². The van der Waals surface area contributed by atoms with Crippen molar-refractivity contribution >= 4 is 0 Å². The zero-order valence-electron chi connectivity index (χ0n) is 11.0. The minimum absolute atomic E-state index is 0.169. The van der Waals surface area contributed by atoms with Gasteiger partial charge in [0, 0.05) is 39.5 Å². The average Bonchev–Trinajstić information content (AvgIpc) is 2.81. The molecule has 2 rings (SSSR count). The molecule has 0 bridgehead atoms. The Morgan fingerprint density at radius 3 is 3.05 bits per heavy atom. The van der Waals surface area contributed by atoms with Crippen LogP contribution in [0.4, 0.5) is 0 Å². The fourth-order valence-corrected chi connectivity index (χ4v) is 1.67. The highest BCUT2D eigenvalue weighted by atomic mass is 16.5. The molecule has 0 amide bonds. The second kappa shape index (κ2) is 6.26. The Balaban J connectivity index is 2.13. The molecule has 0 atom stereocenters. The fraction of sp³-hybridized carbons (Fsp3) is 0.417. The molecule has 7 nitrogen and oxygen atoms in total. The number of nitrogens with zero attached hydrogens (tertiary/aromatic N) is 3. The summed E-state index contributed by atoms with van der Waals surface area (Å²) in [5.74, 6) is 0.532. The van der Waals surface area contributed by atoms with Gasteiger partial charge in [0.15, 0.2) is 0 Å². The molecule has 0 radical (unpaired) electrons. The van der Waals surface area contributed by atoms with E-state index in [4.69, 9.17) is 4.74 Å². The Morgan fingerprint density at radius 1 is 1.53 bits per heavy atom. The van der Waals surface area contributed by atoms with Crippen molar-refractivity contribution in [1.29, 1.82) is 0 Å². The number of H-pyrrole nitrogens is 1. The van der Waals surface area contributed by atoms with Gasteiger partial charge in [0.1, 0.15) is 5.82 Å². The lowest BCUT2D eigenvalue weighted by molar-refractivity contribution is 0.199. The van der Waals surface area contributed by atoms with E-state index < -0.39 is 0 Å². The number of aromatic amines is 1. The first-order valence-corrected chi connectivity index (χ1v) is 5.98. The SMILES string of the molecule is COCCNCc1cc(=O)[nH]c(-c2cnn(C)c2)n1. The monoisotopic (exact) mass is 263 g/mol. The lowest BCUT2D eigenvalue weighted by Crippen LogP contribution is -2.21. The van der Waals surface area contributed by atoms with Crippen LogP contribution >= 0.6 is 0 Å². The van der Waals surface area contributed by atoms with Crippen LogP contribution < -0.4 is 10.9 Å². The van der Waals surface area contributed by atoms with E-state index in [9.17, 15) is 4.79 Å². The van der Waals surface area contributed by atoms with Gasteiger partial charge in [0.2, 0.25) is 0 Å². The maximum absolute atomic E-state index is 11.6. The smallest absolute Gasteiger partial charge is 0.251 e. The van der Waals surface area contributed by atoms with Crippen molar-refractivity contribution in [3.8, 4) is 11.4 Å². The molecular formula is C12H17N5O2. The van der Waals surface area contributed by atoms with Crippen LogP contribution in [-0.2, 0) is 18.3 Å². The fourth-order valence-electron chi connectivity index (χ4n) is 1.67. The van der Waals surface area contributed by atoms with E-state index in [1.807, 2.05) is 7.05 Å². The third-order valence-corrected chi connectivity index (χ3v) is 2.56. The molecule has 0 aliphatic heterocycles. The molecular weight excluding hydrogens is 246 g/mol. The van der Waals surface area contributed by atoms with Gasteiger partial charge >= 0.3 is 0 Å². The van der Waals surface area contributed by atoms with Gasteiger partial charge in [-0.05, 0) is 0 Å². The minimum atomic E-state index is -0.169. The second-order valence-electron chi connectivity index (χ2n) is 4.16. The number of hydrogen-bond donors (Lipinski definition) is 2. The highest BCUT2D eigenvalue weighted by molar-refractivity contribution is 5.51. The van der Waals surface area contributed by atoms with Gasteiger partial charge in [0.05, 0.1) is 24.1 Å². The van der Waals surface area contributed by atoms with Crippen LogP contribution in [-0.4, -0.2) is 40.0 Å². The summed E-state index contributed by atoms with van der Waals surface area (Å²) in [6, 6.07) is 1.49. The van der Waals surface area contributed by atoms with Crippen LogP contribution in [0.25, 0.3) is 11.4 Å². The summed E-state index contributed by atoms with van der Waals surface area (Å²) in [4.78, 5) is 18.7. The van der Waals surface area contributed by atoms with Crippen LogP contribution in [0.15, 0.2) is 23.3 Å². The van der Waals surface area contributed by atoms with Gasteiger partial charge in [-0.2, -0.15) is 5.10 Å². The average molecular weight is 263 g/mol. The van der Waals surface area contributed by atoms with E-state index in [0.717, 1.165) is 5.56 Å². The number of hydrogen-bond acceptors (Lipinski definition) is 5. The van der Waals surface area contributed by atoms with E-state index in [1.165, 1.54) is 6.07 Å². The Hall–Kier alpha value is -1.99. The third kappa shape index (κ3) is 3.73. The predicted molar refractivity (Wildman–Crippen MR) is 70.6 cm³/mol. The molecule has 0 aliphatic rings. The molecule has 2 heterocycles. The van der Waals surface area contributed by atoms with Crippen molar-refractivity contribution in [2.45, 2.75) is 6.54 Å². The Morgan fingerprint density at radius 2 is 2.37 bits per heavy atom. The maximum Gasteiger partial charge on any atom is 0.251 e. The van der Waals surface area contributed by atoms with Gasteiger partial charge in [-0.15, -0.1) is 0 Å². The van der Waals surface area contributed by atoms with E-state index >= 15 is 0 Å². The molecule has 2 aromatic rings. The summed E-state index contributed by atoms with van der Waals surface area (Å²) in [5, 5.41) is 7.21. The molecule has 19 heavy (non-hydrogen) atoms. The quantitative estimate of drug-likeness (QED) is 0.711. The summed E-state index contributed by atoms with van der Waals surface area (Å²) in [7, 11) is 3.46. The summed E-state index contributed by atoms with van der Waals surface area (Å²) in [6.45, 7) is 1.87. The summed E-state index contributed by atoms with van der Waals surface area (Å²) >= 11 is 0. The van der Waals surface area contributed by atoms with Crippen LogP contribution in [0.1, 0.15) is 5.69 Å². The number of aryl methyl sites for hydroxylation is 1. The number of nitrogens with one attached hydrogen (secondary N) is 2. The molecule has 7 heteroatoms. The van der Waals surface area contributed by atoms with Gasteiger partial charge in [-0.1, -0.05) is 0 Å². The molecule has 0 unspecified atom stereocenters. The zero-order valence-corrected chi connectivity index (χ0v) is 11.0. The van der Waals surface area contributed by atoms with Gasteiger partial charge < -0.3 is 15.0 Å². The van der Waals surface area contributed by atoms with Crippen LogP contribution in [0.2, 0.25) is 0 Å². The Labute approximate surface area is 110 Å². The lowest BCUT2D eigenvalue weighted by Gasteiger charge is -2.04. The highest BCUT2D eigenvalue weighted by Gasteiger charge is 2.05. The normalized spacial score (nSPS) is 10.8. The van der Waals surface area contributed by atoms with Crippen molar-refractivity contribution in [2.75, 3.05) is 20.3 Å². The molecule has 2 aromatic heterocycles. The molecule has 0 aliphatic carbocycles. The standard InChI is InChI=1S/C12H17N5O2/c1-17-8-9(6-14-17)12-15-10(5-11(18)16-12)7-13-3-4-19-2/h5-6,8,13H,3-4,7H2,1-2H3,(H,15,16,18). The van der Waals surface area contributed by atoms with Gasteiger partial charge in [0.25, 0.3) is 5.56 Å². The Bertz CT molecular complexity index is 590. The molecule has 0 saturated carbocycles. The van der Waals surface area contributed by atoms with Gasteiger partial charge in [-0.3, -0.25) is 9.48 Å². The van der Waals surface area contributed by atoms with Crippen molar-refractivity contribution in [2.24, 2.45) is 7.05 Å². The number of methoxy groups -OCH3 is 1. The van der Waals surface area contributed by atoms with E-state index in [0.29, 0.717) is 31.2 Å². The predicted octanol–water partition coefficient (Wildman–Crippen LogP) is -0.0936. The topological polar surface area (TPSA) is 84.8 Å². The number of aromatic nitrogens is 4. The molecule has 0 spiro atoms. The van der Waals surface area contributed by atoms with Crippen LogP contribution in [0, 0.1) is 0 Å². The highest BCUT2D eigenvalue weighted by Crippen LogP contribution is 2.11. The first-order valence-electron chi connectivity index (χ1n) is 5.98. The lowest BCUT2D eigenvalue weighted by atomic mass is 10.3.